The van der Waals surface area contributed by atoms with Gasteiger partial charge >= 0.3 is 0 Å². The highest BCUT2D eigenvalue weighted by Gasteiger charge is 2.53. The fraction of sp³-hybridized carbons (Fsp3) is 0.357. The summed E-state index contributed by atoms with van der Waals surface area (Å²) in [6, 6.07) is 15.3. The molecule has 2 N–H and O–H groups in total. The van der Waals surface area contributed by atoms with E-state index < -0.39 is 11.4 Å². The fourth-order valence-electron chi connectivity index (χ4n) is 4.96. The lowest BCUT2D eigenvalue weighted by Crippen LogP contribution is -2.64. The van der Waals surface area contributed by atoms with E-state index in [0.29, 0.717) is 12.3 Å². The van der Waals surface area contributed by atoms with Crippen LogP contribution in [0.1, 0.15) is 57.4 Å². The third kappa shape index (κ3) is 4.81. The number of amides is 3. The SMILES string of the molecule is COc1cccc(CNC(=O)c2ncn3c2C(=O)N(C2CC2)[C@@](C)(C(=O)NCc2cccc(C)c2)C3)c1. The van der Waals surface area contributed by atoms with Crippen LogP contribution in [0, 0.1) is 6.92 Å². The molecule has 1 aliphatic carbocycles. The molecule has 2 aromatic carbocycles. The second-order valence-electron chi connectivity index (χ2n) is 9.96. The minimum absolute atomic E-state index is 0.0291. The second-order valence-corrected chi connectivity index (χ2v) is 9.96. The molecule has 192 valence electrons. The van der Waals surface area contributed by atoms with Crippen molar-refractivity contribution in [2.75, 3.05) is 7.11 Å². The van der Waals surface area contributed by atoms with Gasteiger partial charge in [-0.2, -0.15) is 0 Å². The number of aromatic nitrogens is 2. The van der Waals surface area contributed by atoms with E-state index in [-0.39, 0.29) is 42.3 Å². The molecule has 1 saturated carbocycles. The summed E-state index contributed by atoms with van der Waals surface area (Å²) in [6.07, 6.45) is 3.14. The van der Waals surface area contributed by atoms with Gasteiger partial charge in [0.15, 0.2) is 5.69 Å². The van der Waals surface area contributed by atoms with E-state index in [9.17, 15) is 14.4 Å². The van der Waals surface area contributed by atoms with Gasteiger partial charge in [-0.3, -0.25) is 14.4 Å². The first-order valence-corrected chi connectivity index (χ1v) is 12.4. The summed E-state index contributed by atoms with van der Waals surface area (Å²) in [7, 11) is 1.59. The van der Waals surface area contributed by atoms with E-state index in [2.05, 4.69) is 15.6 Å². The van der Waals surface area contributed by atoms with Gasteiger partial charge in [0.05, 0.1) is 20.0 Å². The fourth-order valence-corrected chi connectivity index (χ4v) is 4.96. The second kappa shape index (κ2) is 9.72. The first-order chi connectivity index (χ1) is 17.8. The quantitative estimate of drug-likeness (QED) is 0.494. The molecule has 0 radical (unpaired) electrons. The molecule has 2 aliphatic rings. The Kier molecular flexibility index (Phi) is 6.45. The van der Waals surface area contributed by atoms with Gasteiger partial charge in [-0.1, -0.05) is 42.0 Å². The van der Waals surface area contributed by atoms with Crippen molar-refractivity contribution in [1.29, 1.82) is 0 Å². The predicted octanol–water partition coefficient (Wildman–Crippen LogP) is 2.82. The van der Waals surface area contributed by atoms with Crippen molar-refractivity contribution in [3.05, 3.63) is 82.9 Å². The van der Waals surface area contributed by atoms with Crippen molar-refractivity contribution in [3.8, 4) is 5.75 Å². The molecular weight excluding hydrogens is 470 g/mol. The van der Waals surface area contributed by atoms with Crippen LogP contribution in [0.15, 0.2) is 54.9 Å². The van der Waals surface area contributed by atoms with Crippen LogP contribution in [0.2, 0.25) is 0 Å². The molecule has 9 heteroatoms. The van der Waals surface area contributed by atoms with Crippen molar-refractivity contribution in [3.63, 3.8) is 0 Å². The zero-order valence-corrected chi connectivity index (χ0v) is 21.3. The van der Waals surface area contributed by atoms with E-state index in [4.69, 9.17) is 4.74 Å². The molecule has 0 saturated heterocycles. The third-order valence-corrected chi connectivity index (χ3v) is 7.01. The predicted molar refractivity (Wildman–Crippen MR) is 137 cm³/mol. The van der Waals surface area contributed by atoms with Gasteiger partial charge in [0.1, 0.15) is 17.0 Å². The van der Waals surface area contributed by atoms with Gasteiger partial charge in [-0.15, -0.1) is 0 Å². The van der Waals surface area contributed by atoms with Gasteiger partial charge in [-0.25, -0.2) is 4.98 Å². The summed E-state index contributed by atoms with van der Waals surface area (Å²) in [5.41, 5.74) is 2.18. The first-order valence-electron chi connectivity index (χ1n) is 12.4. The van der Waals surface area contributed by atoms with Crippen LogP contribution in [0.3, 0.4) is 0 Å². The highest BCUT2D eigenvalue weighted by Crippen LogP contribution is 2.38. The summed E-state index contributed by atoms with van der Waals surface area (Å²) in [5, 5.41) is 5.87. The number of rotatable bonds is 8. The lowest BCUT2D eigenvalue weighted by molar-refractivity contribution is -0.133. The average molecular weight is 502 g/mol. The summed E-state index contributed by atoms with van der Waals surface area (Å²) < 4.78 is 6.87. The van der Waals surface area contributed by atoms with Crippen LogP contribution in [0.5, 0.6) is 5.75 Å². The molecular formula is C28H31N5O4. The zero-order chi connectivity index (χ0) is 26.2. The standard InChI is InChI=1S/C28H31N5O4/c1-18-6-4-7-19(12-18)15-30-27(36)28(2)16-32-17-31-23(24(32)26(35)33(28)21-10-11-21)25(34)29-14-20-8-5-9-22(13-20)37-3/h4-9,12-13,17,21H,10-11,14-16H2,1-3H3,(H,29,34)(H,30,36)/t28-/m1/s1. The number of hydrogen-bond acceptors (Lipinski definition) is 5. The lowest BCUT2D eigenvalue weighted by atomic mass is 9.93. The van der Waals surface area contributed by atoms with Crippen LogP contribution in [0.4, 0.5) is 0 Å². The van der Waals surface area contributed by atoms with E-state index in [1.165, 1.54) is 6.33 Å². The third-order valence-electron chi connectivity index (χ3n) is 7.01. The van der Waals surface area contributed by atoms with E-state index >= 15 is 0 Å². The summed E-state index contributed by atoms with van der Waals surface area (Å²) >= 11 is 0. The van der Waals surface area contributed by atoms with Crippen LogP contribution < -0.4 is 15.4 Å². The smallest absolute Gasteiger partial charge is 0.274 e. The number of hydrogen-bond donors (Lipinski definition) is 2. The number of methoxy groups -OCH3 is 1. The lowest BCUT2D eigenvalue weighted by Gasteiger charge is -2.44. The topological polar surface area (TPSA) is 106 Å². The van der Waals surface area contributed by atoms with Crippen LogP contribution in [-0.2, 0) is 24.4 Å². The van der Waals surface area contributed by atoms with Crippen molar-refractivity contribution >= 4 is 17.7 Å². The Morgan fingerprint density at radius 2 is 1.78 bits per heavy atom. The van der Waals surface area contributed by atoms with Crippen molar-refractivity contribution in [2.45, 2.75) is 57.9 Å². The van der Waals surface area contributed by atoms with Gasteiger partial charge < -0.3 is 24.8 Å². The maximum Gasteiger partial charge on any atom is 0.274 e. The highest BCUT2D eigenvalue weighted by atomic mass is 16.5. The number of imidazole rings is 1. The molecule has 9 nitrogen and oxygen atoms in total. The molecule has 3 aromatic rings. The molecule has 1 aromatic heterocycles. The molecule has 0 spiro atoms. The molecule has 0 bridgehead atoms. The molecule has 5 rings (SSSR count). The number of nitrogens with one attached hydrogen (secondary N) is 2. The number of benzene rings is 2. The van der Waals surface area contributed by atoms with E-state index in [1.807, 2.05) is 55.5 Å². The van der Waals surface area contributed by atoms with Crippen molar-refractivity contribution < 1.29 is 19.1 Å². The minimum atomic E-state index is -1.09. The van der Waals surface area contributed by atoms with Crippen molar-refractivity contribution in [1.82, 2.24) is 25.1 Å². The van der Waals surface area contributed by atoms with Gasteiger partial charge in [-0.05, 0) is 49.9 Å². The van der Waals surface area contributed by atoms with E-state index in [1.54, 1.807) is 23.5 Å². The molecule has 1 aliphatic heterocycles. The molecule has 1 atom stereocenters. The summed E-state index contributed by atoms with van der Waals surface area (Å²) in [4.78, 5) is 46.3. The number of ether oxygens (including phenoxy) is 1. The van der Waals surface area contributed by atoms with Gasteiger partial charge in [0.2, 0.25) is 5.91 Å². The van der Waals surface area contributed by atoms with Gasteiger partial charge in [0.25, 0.3) is 11.8 Å². The van der Waals surface area contributed by atoms with E-state index in [0.717, 1.165) is 29.5 Å². The maximum absolute atomic E-state index is 13.8. The van der Waals surface area contributed by atoms with Crippen molar-refractivity contribution in [2.24, 2.45) is 0 Å². The molecule has 2 heterocycles. The van der Waals surface area contributed by atoms with Crippen LogP contribution >= 0.6 is 0 Å². The Labute approximate surface area is 215 Å². The number of nitrogens with zero attached hydrogens (tertiary/aromatic N) is 3. The molecule has 0 unspecified atom stereocenters. The highest BCUT2D eigenvalue weighted by molar-refractivity contribution is 6.07. The summed E-state index contributed by atoms with van der Waals surface area (Å²) in [5.74, 6) is -0.307. The Balaban J connectivity index is 1.35. The van der Waals surface area contributed by atoms with Crippen LogP contribution in [0.25, 0.3) is 0 Å². The van der Waals surface area contributed by atoms with Gasteiger partial charge in [0, 0.05) is 19.1 Å². The molecule has 3 amide bonds. The number of carbonyl (C=O) groups is 3. The zero-order valence-electron chi connectivity index (χ0n) is 21.3. The Morgan fingerprint density at radius 3 is 2.49 bits per heavy atom. The monoisotopic (exact) mass is 501 g/mol. The summed E-state index contributed by atoms with van der Waals surface area (Å²) in [6.45, 7) is 4.66. The number of aryl methyl sites for hydroxylation is 1. The Hall–Kier alpha value is -4.14. The maximum atomic E-state index is 13.8. The number of fused-ring (bicyclic) bond motifs is 1. The Bertz CT molecular complexity index is 1360. The normalized spacial score (nSPS) is 18.8. The molecule has 1 fully saturated rings. The van der Waals surface area contributed by atoms with Crippen LogP contribution in [-0.4, -0.2) is 50.9 Å². The average Bonchev–Trinajstić information content (AvgIpc) is 3.63. The Morgan fingerprint density at radius 1 is 1.08 bits per heavy atom. The first kappa shape index (κ1) is 24.5. The number of carbonyl (C=O) groups excluding carboxylic acids is 3. The molecule has 37 heavy (non-hydrogen) atoms. The largest absolute Gasteiger partial charge is 0.497 e. The minimum Gasteiger partial charge on any atom is -0.497 e.